The third kappa shape index (κ3) is 3.83. The van der Waals surface area contributed by atoms with Gasteiger partial charge in [0.05, 0.1) is 5.69 Å². The largest absolute Gasteiger partial charge is 0.269 e. The zero-order chi connectivity index (χ0) is 10.2. The van der Waals surface area contributed by atoms with Gasteiger partial charge in [-0.05, 0) is 30.6 Å². The summed E-state index contributed by atoms with van der Waals surface area (Å²) in [6.07, 6.45) is 5.09. The van der Waals surface area contributed by atoms with Gasteiger partial charge >= 0.3 is 0 Å². The normalized spacial score (nSPS) is 10.7. The minimum absolute atomic E-state index is 1.03. The molecular weight excluding hydrogens is 192 g/mol. The highest BCUT2D eigenvalue weighted by molar-refractivity contribution is 7.98. The van der Waals surface area contributed by atoms with E-state index in [0.717, 1.165) is 17.9 Å². The molecule has 0 fully saturated rings. The number of hydrogen-bond donors (Lipinski definition) is 0. The van der Waals surface area contributed by atoms with Crippen LogP contribution < -0.4 is 5.01 Å². The Labute approximate surface area is 90.0 Å². The van der Waals surface area contributed by atoms with Gasteiger partial charge in [0.15, 0.2) is 0 Å². The maximum absolute atomic E-state index is 4.33. The highest BCUT2D eigenvalue weighted by Crippen LogP contribution is 2.10. The molecule has 0 aliphatic heterocycles. The second-order valence-electron chi connectivity index (χ2n) is 2.94. The molecule has 0 saturated carbocycles. The predicted octanol–water partition coefficient (Wildman–Crippen LogP) is 2.86. The average Bonchev–Trinajstić information content (AvgIpc) is 2.25. The Hall–Kier alpha value is -0.960. The summed E-state index contributed by atoms with van der Waals surface area (Å²) in [5.74, 6) is 1.13. The van der Waals surface area contributed by atoms with Crippen LogP contribution in [0.25, 0.3) is 0 Å². The van der Waals surface area contributed by atoms with Crippen LogP contribution in [0.15, 0.2) is 35.4 Å². The van der Waals surface area contributed by atoms with E-state index < -0.39 is 0 Å². The van der Waals surface area contributed by atoms with E-state index in [1.54, 1.807) is 0 Å². The van der Waals surface area contributed by atoms with E-state index in [4.69, 9.17) is 0 Å². The third-order valence-corrected chi connectivity index (χ3v) is 2.48. The highest BCUT2D eigenvalue weighted by atomic mass is 32.2. The Balaban J connectivity index is 2.42. The molecular formula is C11H16N2S. The van der Waals surface area contributed by atoms with E-state index >= 15 is 0 Å². The van der Waals surface area contributed by atoms with Crippen molar-refractivity contribution in [2.24, 2.45) is 5.10 Å². The zero-order valence-corrected chi connectivity index (χ0v) is 9.50. The molecule has 0 heterocycles. The molecule has 0 atom stereocenters. The van der Waals surface area contributed by atoms with E-state index in [2.05, 4.69) is 11.4 Å². The first-order valence-electron chi connectivity index (χ1n) is 4.64. The Kier molecular flexibility index (Phi) is 5.15. The van der Waals surface area contributed by atoms with Gasteiger partial charge in [-0.3, -0.25) is 5.01 Å². The van der Waals surface area contributed by atoms with Crippen molar-refractivity contribution in [3.8, 4) is 0 Å². The monoisotopic (exact) mass is 208 g/mol. The number of para-hydroxylation sites is 1. The summed E-state index contributed by atoms with van der Waals surface area (Å²) in [4.78, 5) is 0. The molecule has 0 saturated heterocycles. The lowest BCUT2D eigenvalue weighted by Gasteiger charge is -2.11. The molecule has 0 radical (unpaired) electrons. The molecule has 0 aliphatic carbocycles. The van der Waals surface area contributed by atoms with Crippen LogP contribution in [-0.4, -0.2) is 25.3 Å². The molecule has 1 rings (SSSR count). The van der Waals surface area contributed by atoms with Gasteiger partial charge in [-0.2, -0.15) is 16.9 Å². The molecule has 76 valence electrons. The van der Waals surface area contributed by atoms with Crippen molar-refractivity contribution in [2.45, 2.75) is 6.42 Å². The van der Waals surface area contributed by atoms with Crippen LogP contribution in [0.5, 0.6) is 0 Å². The van der Waals surface area contributed by atoms with Crippen LogP contribution in [0.4, 0.5) is 5.69 Å². The lowest BCUT2D eigenvalue weighted by Crippen LogP contribution is -2.08. The van der Waals surface area contributed by atoms with Crippen molar-refractivity contribution in [3.05, 3.63) is 30.3 Å². The number of benzene rings is 1. The molecule has 1 aromatic rings. The molecule has 0 amide bonds. The Morgan fingerprint density at radius 2 is 2.07 bits per heavy atom. The number of anilines is 1. The topological polar surface area (TPSA) is 15.6 Å². The van der Waals surface area contributed by atoms with Crippen molar-refractivity contribution < 1.29 is 0 Å². The van der Waals surface area contributed by atoms with Crippen LogP contribution in [0.2, 0.25) is 0 Å². The molecule has 0 unspecified atom stereocenters. The summed E-state index contributed by atoms with van der Waals surface area (Å²) < 4.78 is 0. The van der Waals surface area contributed by atoms with E-state index in [-0.39, 0.29) is 0 Å². The standard InChI is InChI=1S/C11H16N2S/c1-13(12-9-6-10-14-2)11-7-4-3-5-8-11/h3-5,7-9H,6,10H2,1-2H3. The average molecular weight is 208 g/mol. The van der Waals surface area contributed by atoms with E-state index in [9.17, 15) is 0 Å². The van der Waals surface area contributed by atoms with Gasteiger partial charge in [-0.25, -0.2) is 0 Å². The quantitative estimate of drug-likeness (QED) is 0.420. The first-order valence-corrected chi connectivity index (χ1v) is 6.04. The fraction of sp³-hybridized carbons (Fsp3) is 0.364. The molecule has 0 aliphatic rings. The molecule has 14 heavy (non-hydrogen) atoms. The zero-order valence-electron chi connectivity index (χ0n) is 8.68. The fourth-order valence-corrected chi connectivity index (χ4v) is 1.40. The first kappa shape index (κ1) is 11.1. The summed E-state index contributed by atoms with van der Waals surface area (Å²) >= 11 is 1.84. The maximum Gasteiger partial charge on any atom is 0.0590 e. The van der Waals surface area contributed by atoms with Crippen molar-refractivity contribution in [3.63, 3.8) is 0 Å². The maximum atomic E-state index is 4.33. The number of hydrogen-bond acceptors (Lipinski definition) is 3. The van der Waals surface area contributed by atoms with Gasteiger partial charge in [-0.1, -0.05) is 18.2 Å². The molecule has 0 spiro atoms. The molecule has 0 bridgehead atoms. The SMILES string of the molecule is CSCCC=NN(C)c1ccccc1. The molecule has 1 aromatic carbocycles. The number of thioether (sulfide) groups is 1. The van der Waals surface area contributed by atoms with Gasteiger partial charge in [0.25, 0.3) is 0 Å². The number of hydrazone groups is 1. The van der Waals surface area contributed by atoms with Crippen LogP contribution >= 0.6 is 11.8 Å². The minimum Gasteiger partial charge on any atom is -0.269 e. The van der Waals surface area contributed by atoms with Crippen LogP contribution in [0, 0.1) is 0 Å². The van der Waals surface area contributed by atoms with E-state index in [1.807, 2.05) is 60.4 Å². The van der Waals surface area contributed by atoms with E-state index in [0.29, 0.717) is 0 Å². The molecule has 0 aromatic heterocycles. The summed E-state index contributed by atoms with van der Waals surface area (Å²) in [5, 5.41) is 6.22. The van der Waals surface area contributed by atoms with Gasteiger partial charge in [0.1, 0.15) is 0 Å². The third-order valence-electron chi connectivity index (χ3n) is 1.84. The molecule has 0 N–H and O–H groups in total. The minimum atomic E-state index is 1.03. The molecule has 3 heteroatoms. The predicted molar refractivity (Wildman–Crippen MR) is 66.3 cm³/mol. The Morgan fingerprint density at radius 3 is 2.71 bits per heavy atom. The number of rotatable bonds is 5. The summed E-state index contributed by atoms with van der Waals surface area (Å²) in [5.41, 5.74) is 1.12. The Bertz CT molecular complexity index is 272. The van der Waals surface area contributed by atoms with Crippen LogP contribution in [0.3, 0.4) is 0 Å². The second kappa shape index (κ2) is 6.49. The number of nitrogens with zero attached hydrogens (tertiary/aromatic N) is 2. The van der Waals surface area contributed by atoms with Crippen LogP contribution in [0.1, 0.15) is 6.42 Å². The first-order chi connectivity index (χ1) is 6.84. The van der Waals surface area contributed by atoms with Gasteiger partial charge in [-0.15, -0.1) is 0 Å². The van der Waals surface area contributed by atoms with Crippen LogP contribution in [-0.2, 0) is 0 Å². The summed E-state index contributed by atoms with van der Waals surface area (Å²) in [6, 6.07) is 10.1. The summed E-state index contributed by atoms with van der Waals surface area (Å²) in [6.45, 7) is 0. The van der Waals surface area contributed by atoms with Crippen molar-refractivity contribution >= 4 is 23.7 Å². The second-order valence-corrected chi connectivity index (χ2v) is 3.92. The molecule has 2 nitrogen and oxygen atoms in total. The highest BCUT2D eigenvalue weighted by Gasteiger charge is 1.93. The van der Waals surface area contributed by atoms with Gasteiger partial charge < -0.3 is 0 Å². The summed E-state index contributed by atoms with van der Waals surface area (Å²) in [7, 11) is 1.96. The fourth-order valence-electron chi connectivity index (χ4n) is 1.06. The lowest BCUT2D eigenvalue weighted by atomic mass is 10.3. The lowest BCUT2D eigenvalue weighted by molar-refractivity contribution is 1.01. The van der Waals surface area contributed by atoms with Crippen molar-refractivity contribution in [2.75, 3.05) is 24.1 Å². The van der Waals surface area contributed by atoms with E-state index in [1.165, 1.54) is 0 Å². The Morgan fingerprint density at radius 1 is 1.36 bits per heavy atom. The van der Waals surface area contributed by atoms with Gasteiger partial charge in [0, 0.05) is 13.3 Å². The van der Waals surface area contributed by atoms with Crippen molar-refractivity contribution in [1.29, 1.82) is 0 Å². The van der Waals surface area contributed by atoms with Crippen molar-refractivity contribution in [1.82, 2.24) is 0 Å². The smallest absolute Gasteiger partial charge is 0.0590 e. The van der Waals surface area contributed by atoms with Gasteiger partial charge in [0.2, 0.25) is 0 Å².